The molecule has 1 fully saturated rings. The molecule has 2 heterocycles. The Kier molecular flexibility index (Phi) is 6.35. The zero-order valence-electron chi connectivity index (χ0n) is 16.6. The predicted octanol–water partition coefficient (Wildman–Crippen LogP) is 1.91. The summed E-state index contributed by atoms with van der Waals surface area (Å²) in [5.74, 6) is -2.87. The summed E-state index contributed by atoms with van der Waals surface area (Å²) in [6.45, 7) is -0.424. The average Bonchev–Trinajstić information content (AvgIpc) is 3.29. The van der Waals surface area contributed by atoms with Crippen LogP contribution in [-0.4, -0.2) is 43.9 Å². The van der Waals surface area contributed by atoms with Crippen molar-refractivity contribution >= 4 is 51.7 Å². The number of imide groups is 1. The van der Waals surface area contributed by atoms with Crippen LogP contribution < -0.4 is 10.6 Å². The molecule has 0 unspecified atom stereocenters. The van der Waals surface area contributed by atoms with Gasteiger partial charge in [-0.3, -0.25) is 14.5 Å². The van der Waals surface area contributed by atoms with E-state index in [1.54, 1.807) is 0 Å². The largest absolute Gasteiger partial charge is 0.465 e. The van der Waals surface area contributed by atoms with Gasteiger partial charge in [0.2, 0.25) is 11.8 Å². The van der Waals surface area contributed by atoms with Crippen molar-refractivity contribution < 1.29 is 38.2 Å². The first-order valence-electron chi connectivity index (χ1n) is 8.99. The van der Waals surface area contributed by atoms with Crippen LogP contribution in [0.2, 0.25) is 0 Å². The molecule has 1 aliphatic rings. The van der Waals surface area contributed by atoms with E-state index in [4.69, 9.17) is 19.9 Å². The maximum absolute atomic E-state index is 12.5. The summed E-state index contributed by atoms with van der Waals surface area (Å²) in [6, 6.07) is 5.72. The lowest BCUT2D eigenvalue weighted by molar-refractivity contribution is -0.121. The number of benzene rings is 1. The van der Waals surface area contributed by atoms with Crippen LogP contribution in [0.25, 0.3) is 0 Å². The lowest BCUT2D eigenvalue weighted by Gasteiger charge is -2.14. The zero-order valence-corrected chi connectivity index (χ0v) is 17.4. The van der Waals surface area contributed by atoms with E-state index >= 15 is 0 Å². The third-order valence-electron chi connectivity index (χ3n) is 4.55. The van der Waals surface area contributed by atoms with Gasteiger partial charge in [-0.15, -0.1) is 11.3 Å². The zero-order chi connectivity index (χ0) is 22.7. The number of rotatable bonds is 6. The number of nitrogen functional groups attached to an aromatic ring is 1. The molecule has 3 rings (SSSR count). The Morgan fingerprint density at radius 3 is 2.10 bits per heavy atom. The minimum Gasteiger partial charge on any atom is -0.465 e. The molecule has 0 radical (unpaired) electrons. The number of carbonyl (C=O) groups excluding carboxylic acids is 5. The van der Waals surface area contributed by atoms with E-state index in [0.717, 1.165) is 23.3 Å². The monoisotopic (exact) mass is 446 g/mol. The molecular weight excluding hydrogens is 428 g/mol. The number of methoxy groups -OCH3 is 2. The Morgan fingerprint density at radius 2 is 1.55 bits per heavy atom. The number of nitrogens with two attached hydrogens (primary N) is 1. The van der Waals surface area contributed by atoms with E-state index in [9.17, 15) is 24.0 Å². The van der Waals surface area contributed by atoms with Crippen LogP contribution >= 0.6 is 11.3 Å². The van der Waals surface area contributed by atoms with Gasteiger partial charge in [0.25, 0.3) is 0 Å². The molecule has 1 aliphatic heterocycles. The summed E-state index contributed by atoms with van der Waals surface area (Å²) in [7, 11) is 2.33. The van der Waals surface area contributed by atoms with Crippen LogP contribution in [0.5, 0.6) is 0 Å². The quantitative estimate of drug-likeness (QED) is 0.400. The highest BCUT2D eigenvalue weighted by Crippen LogP contribution is 2.33. The molecule has 1 saturated heterocycles. The number of hydrogen-bond donors (Lipinski definition) is 1. The van der Waals surface area contributed by atoms with Crippen molar-refractivity contribution in [2.45, 2.75) is 19.4 Å². The van der Waals surface area contributed by atoms with E-state index in [-0.39, 0.29) is 51.2 Å². The molecular formula is C20H18N2O8S. The lowest BCUT2D eigenvalue weighted by Crippen LogP contribution is -2.28. The maximum Gasteiger partial charge on any atom is 0.348 e. The molecule has 1 aromatic heterocycles. The topological polar surface area (TPSA) is 142 Å². The van der Waals surface area contributed by atoms with Crippen molar-refractivity contribution in [3.05, 3.63) is 45.8 Å². The standard InChI is InChI=1S/C20H18N2O8S/c1-28-19(26)15-12(16(20(27)29-2)31-17(15)21)9-30-18(25)10-3-5-11(6-4-10)22-13(23)7-8-14(22)24/h3-6H,7-9,21H2,1-2H3. The number of anilines is 2. The van der Waals surface area contributed by atoms with Crippen LogP contribution in [0, 0.1) is 0 Å². The van der Waals surface area contributed by atoms with Crippen LogP contribution in [0.4, 0.5) is 10.7 Å². The van der Waals surface area contributed by atoms with Gasteiger partial charge >= 0.3 is 17.9 Å². The predicted molar refractivity (Wildman–Crippen MR) is 109 cm³/mol. The fourth-order valence-corrected chi connectivity index (χ4v) is 4.02. The molecule has 2 aromatic rings. The smallest absolute Gasteiger partial charge is 0.348 e. The number of nitrogens with zero attached hydrogens (tertiary/aromatic N) is 1. The number of amides is 2. The average molecular weight is 446 g/mol. The molecule has 0 saturated carbocycles. The van der Waals surface area contributed by atoms with E-state index in [2.05, 4.69) is 0 Å². The molecule has 1 aromatic carbocycles. The van der Waals surface area contributed by atoms with Crippen LogP contribution in [0.1, 0.15) is 48.8 Å². The Labute approximate surface area is 180 Å². The summed E-state index contributed by atoms with van der Waals surface area (Å²) in [5, 5.41) is 0.0302. The van der Waals surface area contributed by atoms with Gasteiger partial charge in [-0.2, -0.15) is 0 Å². The molecule has 31 heavy (non-hydrogen) atoms. The summed E-state index contributed by atoms with van der Waals surface area (Å²) in [6.07, 6.45) is 0.301. The molecule has 0 aliphatic carbocycles. The second-order valence-electron chi connectivity index (χ2n) is 6.38. The third-order valence-corrected chi connectivity index (χ3v) is 5.60. The fourth-order valence-electron chi connectivity index (χ4n) is 3.04. The van der Waals surface area contributed by atoms with Crippen molar-refractivity contribution in [1.29, 1.82) is 0 Å². The van der Waals surface area contributed by atoms with Crippen LogP contribution in [-0.2, 0) is 30.4 Å². The molecule has 0 atom stereocenters. The third kappa shape index (κ3) is 4.26. The molecule has 10 nitrogen and oxygen atoms in total. The Balaban J connectivity index is 1.79. The number of hydrogen-bond acceptors (Lipinski definition) is 10. The van der Waals surface area contributed by atoms with Gasteiger partial charge in [-0.1, -0.05) is 0 Å². The van der Waals surface area contributed by atoms with E-state index in [1.807, 2.05) is 0 Å². The van der Waals surface area contributed by atoms with Crippen molar-refractivity contribution in [2.75, 3.05) is 24.9 Å². The summed E-state index contributed by atoms with van der Waals surface area (Å²) in [4.78, 5) is 61.3. The highest BCUT2D eigenvalue weighted by atomic mass is 32.1. The second kappa shape index (κ2) is 8.96. The van der Waals surface area contributed by atoms with Gasteiger partial charge in [0.15, 0.2) is 0 Å². The van der Waals surface area contributed by atoms with Gasteiger partial charge < -0.3 is 19.9 Å². The first-order chi connectivity index (χ1) is 14.8. The Hall–Kier alpha value is -3.73. The minimum atomic E-state index is -0.778. The molecule has 0 spiro atoms. The Morgan fingerprint density at radius 1 is 0.968 bits per heavy atom. The molecule has 2 N–H and O–H groups in total. The van der Waals surface area contributed by atoms with Gasteiger partial charge in [0.1, 0.15) is 22.0 Å². The summed E-state index contributed by atoms with van der Waals surface area (Å²) < 4.78 is 14.6. The van der Waals surface area contributed by atoms with Gasteiger partial charge in [0, 0.05) is 18.4 Å². The van der Waals surface area contributed by atoms with Gasteiger partial charge in [0.05, 0.1) is 25.5 Å². The molecule has 2 amide bonds. The van der Waals surface area contributed by atoms with Gasteiger partial charge in [-0.25, -0.2) is 14.4 Å². The first kappa shape index (κ1) is 22.0. The second-order valence-corrected chi connectivity index (χ2v) is 7.43. The lowest BCUT2D eigenvalue weighted by atomic mass is 10.1. The van der Waals surface area contributed by atoms with Crippen LogP contribution in [0.15, 0.2) is 24.3 Å². The van der Waals surface area contributed by atoms with Crippen molar-refractivity contribution in [3.8, 4) is 0 Å². The Bertz CT molecular complexity index is 1060. The maximum atomic E-state index is 12.5. The first-order valence-corrected chi connectivity index (χ1v) is 9.80. The summed E-state index contributed by atoms with van der Waals surface area (Å²) >= 11 is 0.823. The molecule has 0 bridgehead atoms. The minimum absolute atomic E-state index is 0.0228. The number of carbonyl (C=O) groups is 5. The van der Waals surface area contributed by atoms with E-state index in [0.29, 0.717) is 5.69 Å². The van der Waals surface area contributed by atoms with Gasteiger partial charge in [-0.05, 0) is 24.3 Å². The number of esters is 3. The van der Waals surface area contributed by atoms with Crippen molar-refractivity contribution in [1.82, 2.24) is 0 Å². The summed E-state index contributed by atoms with van der Waals surface area (Å²) in [5.41, 5.74) is 6.35. The van der Waals surface area contributed by atoms with E-state index < -0.39 is 24.5 Å². The van der Waals surface area contributed by atoms with Crippen molar-refractivity contribution in [2.24, 2.45) is 0 Å². The normalized spacial score (nSPS) is 13.3. The van der Waals surface area contributed by atoms with Crippen LogP contribution in [0.3, 0.4) is 0 Å². The number of ether oxygens (including phenoxy) is 3. The van der Waals surface area contributed by atoms with Crippen molar-refractivity contribution in [3.63, 3.8) is 0 Å². The number of thiophene rings is 1. The molecule has 11 heteroatoms. The highest BCUT2D eigenvalue weighted by Gasteiger charge is 2.31. The highest BCUT2D eigenvalue weighted by molar-refractivity contribution is 7.18. The molecule has 162 valence electrons. The SMILES string of the molecule is COC(=O)c1sc(N)c(C(=O)OC)c1COC(=O)c1ccc(N2C(=O)CCC2=O)cc1. The van der Waals surface area contributed by atoms with E-state index in [1.165, 1.54) is 31.4 Å². The fraction of sp³-hybridized carbons (Fsp3) is 0.250.